The fourth-order valence-electron chi connectivity index (χ4n) is 4.94. The molecule has 6 rings (SSSR count). The second-order valence-corrected chi connectivity index (χ2v) is 7.98. The standard InChI is InChI=1S/C24H21N3O3/c28-23-19(17-6-2-4-15-8-12-30-22(15)17)20(24(29)26-23)18-13-27-11-10-25-9-7-14-3-1-5-16(18)21(14)27/h1-6,13,25H,7-12H2,(H,26,28,29). The van der Waals surface area contributed by atoms with Gasteiger partial charge in [-0.15, -0.1) is 0 Å². The van der Waals surface area contributed by atoms with E-state index in [9.17, 15) is 9.59 Å². The van der Waals surface area contributed by atoms with Crippen LogP contribution in [0.15, 0.2) is 42.6 Å². The number of ether oxygens (including phenoxy) is 1. The Morgan fingerprint density at radius 3 is 2.57 bits per heavy atom. The Morgan fingerprint density at radius 2 is 1.67 bits per heavy atom. The third-order valence-corrected chi connectivity index (χ3v) is 6.27. The number of hydrogen-bond acceptors (Lipinski definition) is 4. The second kappa shape index (κ2) is 6.57. The van der Waals surface area contributed by atoms with Crippen LogP contribution in [0, 0.1) is 0 Å². The lowest BCUT2D eigenvalue weighted by Crippen LogP contribution is -2.24. The molecule has 6 nitrogen and oxygen atoms in total. The average molecular weight is 399 g/mol. The first-order chi connectivity index (χ1) is 14.7. The number of rotatable bonds is 2. The van der Waals surface area contributed by atoms with Gasteiger partial charge in [-0.2, -0.15) is 0 Å². The lowest BCUT2D eigenvalue weighted by atomic mass is 9.93. The highest BCUT2D eigenvalue weighted by atomic mass is 16.5. The van der Waals surface area contributed by atoms with Crippen molar-refractivity contribution in [3.63, 3.8) is 0 Å². The summed E-state index contributed by atoms with van der Waals surface area (Å²) in [5.74, 6) is 0.0198. The first-order valence-electron chi connectivity index (χ1n) is 10.4. The molecule has 2 amide bonds. The van der Waals surface area contributed by atoms with Gasteiger partial charge < -0.3 is 14.6 Å². The number of carbonyl (C=O) groups excluding carboxylic acids is 2. The minimum absolute atomic E-state index is 0.344. The molecule has 30 heavy (non-hydrogen) atoms. The molecule has 2 aromatic carbocycles. The van der Waals surface area contributed by atoms with Gasteiger partial charge in [0.05, 0.1) is 23.3 Å². The van der Waals surface area contributed by atoms with Crippen molar-refractivity contribution >= 4 is 33.9 Å². The van der Waals surface area contributed by atoms with Gasteiger partial charge in [0.1, 0.15) is 5.75 Å². The molecule has 150 valence electrons. The summed E-state index contributed by atoms with van der Waals surface area (Å²) < 4.78 is 8.05. The summed E-state index contributed by atoms with van der Waals surface area (Å²) in [7, 11) is 0. The monoisotopic (exact) mass is 399 g/mol. The van der Waals surface area contributed by atoms with Crippen LogP contribution >= 0.6 is 0 Å². The number of hydrogen-bond donors (Lipinski definition) is 2. The highest BCUT2D eigenvalue weighted by Gasteiger charge is 2.36. The summed E-state index contributed by atoms with van der Waals surface area (Å²) in [4.78, 5) is 25.9. The number of fused-ring (bicyclic) bond motifs is 1. The molecule has 6 heteroatoms. The zero-order chi connectivity index (χ0) is 20.2. The molecular formula is C24H21N3O3. The Bertz CT molecular complexity index is 1270. The molecule has 0 radical (unpaired) electrons. The first kappa shape index (κ1) is 17.5. The van der Waals surface area contributed by atoms with Crippen molar-refractivity contribution < 1.29 is 14.3 Å². The summed E-state index contributed by atoms with van der Waals surface area (Å²) in [6.45, 7) is 3.21. The Morgan fingerprint density at radius 1 is 0.867 bits per heavy atom. The van der Waals surface area contributed by atoms with Gasteiger partial charge in [-0.1, -0.05) is 36.4 Å². The van der Waals surface area contributed by atoms with Crippen LogP contribution in [0.1, 0.15) is 22.3 Å². The smallest absolute Gasteiger partial charge is 0.259 e. The van der Waals surface area contributed by atoms with Gasteiger partial charge >= 0.3 is 0 Å². The Kier molecular flexibility index (Phi) is 3.83. The third-order valence-electron chi connectivity index (χ3n) is 6.27. The molecule has 4 heterocycles. The molecule has 3 aromatic rings. The third kappa shape index (κ3) is 2.47. The highest BCUT2D eigenvalue weighted by Crippen LogP contribution is 2.41. The maximum atomic E-state index is 13.0. The first-order valence-corrected chi connectivity index (χ1v) is 10.4. The van der Waals surface area contributed by atoms with Crippen molar-refractivity contribution in [3.8, 4) is 5.75 Å². The molecular weight excluding hydrogens is 378 g/mol. The lowest BCUT2D eigenvalue weighted by molar-refractivity contribution is -0.122. The van der Waals surface area contributed by atoms with Gasteiger partial charge in [-0.25, -0.2) is 0 Å². The largest absolute Gasteiger partial charge is 0.492 e. The molecule has 0 saturated heterocycles. The van der Waals surface area contributed by atoms with Gasteiger partial charge in [0.15, 0.2) is 0 Å². The van der Waals surface area contributed by atoms with E-state index < -0.39 is 0 Å². The van der Waals surface area contributed by atoms with Crippen molar-refractivity contribution in [2.75, 3.05) is 19.7 Å². The molecule has 2 N–H and O–H groups in total. The SMILES string of the molecule is O=C1NC(=O)C(c2cn3c4c(cccc24)CCNCC3)=C1c1cccc2c1OCC2. The normalized spacial score (nSPS) is 18.3. The van der Waals surface area contributed by atoms with Gasteiger partial charge in [0, 0.05) is 42.2 Å². The Balaban J connectivity index is 1.65. The number of benzene rings is 2. The fourth-order valence-corrected chi connectivity index (χ4v) is 4.94. The molecule has 0 atom stereocenters. The lowest BCUT2D eigenvalue weighted by Gasteiger charge is -2.14. The maximum Gasteiger partial charge on any atom is 0.259 e. The summed E-state index contributed by atoms with van der Waals surface area (Å²) >= 11 is 0. The van der Waals surface area contributed by atoms with Crippen LogP contribution in [0.2, 0.25) is 0 Å². The van der Waals surface area contributed by atoms with E-state index in [0.29, 0.717) is 23.3 Å². The Hall–Kier alpha value is -3.38. The molecule has 0 spiro atoms. The zero-order valence-electron chi connectivity index (χ0n) is 16.5. The maximum absolute atomic E-state index is 13.0. The minimum atomic E-state index is -0.359. The molecule has 3 aliphatic rings. The van der Waals surface area contributed by atoms with Crippen molar-refractivity contribution in [2.24, 2.45) is 0 Å². The number of amides is 2. The minimum Gasteiger partial charge on any atom is -0.492 e. The van der Waals surface area contributed by atoms with E-state index in [2.05, 4.69) is 21.3 Å². The molecule has 0 fully saturated rings. The van der Waals surface area contributed by atoms with Crippen molar-refractivity contribution in [1.82, 2.24) is 15.2 Å². The number of nitrogens with one attached hydrogen (secondary N) is 2. The highest BCUT2D eigenvalue weighted by molar-refractivity contribution is 6.50. The molecule has 1 aromatic heterocycles. The van der Waals surface area contributed by atoms with Crippen molar-refractivity contribution in [3.05, 3.63) is 64.8 Å². The second-order valence-electron chi connectivity index (χ2n) is 7.98. The van der Waals surface area contributed by atoms with Gasteiger partial charge in [0.25, 0.3) is 11.8 Å². The number of para-hydroxylation sites is 2. The van der Waals surface area contributed by atoms with E-state index in [-0.39, 0.29) is 11.8 Å². The topological polar surface area (TPSA) is 72.4 Å². The van der Waals surface area contributed by atoms with Crippen molar-refractivity contribution in [1.29, 1.82) is 0 Å². The molecule has 0 aliphatic carbocycles. The summed E-state index contributed by atoms with van der Waals surface area (Å²) in [6.07, 6.45) is 3.77. The molecule has 3 aliphatic heterocycles. The number of imide groups is 1. The zero-order valence-corrected chi connectivity index (χ0v) is 16.5. The van der Waals surface area contributed by atoms with E-state index in [1.54, 1.807) is 0 Å². The number of aromatic nitrogens is 1. The summed E-state index contributed by atoms with van der Waals surface area (Å²) in [6, 6.07) is 12.0. The predicted octanol–water partition coefficient (Wildman–Crippen LogP) is 2.29. The van der Waals surface area contributed by atoms with E-state index in [0.717, 1.165) is 60.3 Å². The van der Waals surface area contributed by atoms with Crippen LogP contribution < -0.4 is 15.4 Å². The predicted molar refractivity (Wildman–Crippen MR) is 114 cm³/mol. The number of carbonyl (C=O) groups is 2. The van der Waals surface area contributed by atoms with Gasteiger partial charge in [-0.05, 0) is 24.1 Å². The number of nitrogens with zero attached hydrogens (tertiary/aromatic N) is 1. The molecule has 0 saturated carbocycles. The van der Waals surface area contributed by atoms with Crippen molar-refractivity contribution in [2.45, 2.75) is 19.4 Å². The summed E-state index contributed by atoms with van der Waals surface area (Å²) in [5.41, 5.74) is 5.85. The van der Waals surface area contributed by atoms with Crippen LogP contribution in [0.3, 0.4) is 0 Å². The van der Waals surface area contributed by atoms with Crippen LogP contribution in [0.4, 0.5) is 0 Å². The van der Waals surface area contributed by atoms with Gasteiger partial charge in [-0.3, -0.25) is 14.9 Å². The fraction of sp³-hybridized carbons (Fsp3) is 0.250. The van der Waals surface area contributed by atoms with Crippen LogP contribution in [-0.4, -0.2) is 36.1 Å². The quantitative estimate of drug-likeness (QED) is 0.649. The van der Waals surface area contributed by atoms with Crippen LogP contribution in [-0.2, 0) is 29.0 Å². The summed E-state index contributed by atoms with van der Waals surface area (Å²) in [5, 5.41) is 6.98. The van der Waals surface area contributed by atoms with E-state index in [4.69, 9.17) is 4.74 Å². The Labute approximate surface area is 173 Å². The van der Waals surface area contributed by atoms with Crippen LogP contribution in [0.25, 0.3) is 22.0 Å². The molecule has 0 unspecified atom stereocenters. The van der Waals surface area contributed by atoms with E-state index >= 15 is 0 Å². The van der Waals surface area contributed by atoms with Crippen LogP contribution in [0.5, 0.6) is 5.75 Å². The van der Waals surface area contributed by atoms with E-state index in [1.807, 2.05) is 36.5 Å². The molecule has 0 bridgehead atoms. The van der Waals surface area contributed by atoms with Gasteiger partial charge in [0.2, 0.25) is 0 Å². The van der Waals surface area contributed by atoms with E-state index in [1.165, 1.54) is 5.56 Å². The average Bonchev–Trinajstić information content (AvgIpc) is 3.41.